The summed E-state index contributed by atoms with van der Waals surface area (Å²) < 4.78 is 11.2. The van der Waals surface area contributed by atoms with E-state index in [9.17, 15) is 0 Å². The molecular weight excluding hydrogens is 218 g/mol. The van der Waals surface area contributed by atoms with Gasteiger partial charge in [-0.15, -0.1) is 0 Å². The molecule has 4 heteroatoms. The first kappa shape index (κ1) is 12.2. The van der Waals surface area contributed by atoms with E-state index in [-0.39, 0.29) is 0 Å². The Balaban J connectivity index is 2.09. The molecular formula is C13H19NO3. The SMILES string of the molecule is CONCc1cccc(OC)c1OCC1CC1. The summed E-state index contributed by atoms with van der Waals surface area (Å²) in [7, 11) is 3.26. The second-order valence-electron chi connectivity index (χ2n) is 4.23. The van der Waals surface area contributed by atoms with Crippen molar-refractivity contribution in [2.75, 3.05) is 20.8 Å². The van der Waals surface area contributed by atoms with E-state index in [1.165, 1.54) is 12.8 Å². The molecule has 1 aromatic carbocycles. The van der Waals surface area contributed by atoms with Gasteiger partial charge in [0.25, 0.3) is 0 Å². The number of hydrogen-bond acceptors (Lipinski definition) is 4. The van der Waals surface area contributed by atoms with Crippen LogP contribution in [0.5, 0.6) is 11.5 Å². The maximum atomic E-state index is 5.86. The number of hydroxylamine groups is 1. The van der Waals surface area contributed by atoms with Crippen LogP contribution in [0.15, 0.2) is 18.2 Å². The molecule has 94 valence electrons. The summed E-state index contributed by atoms with van der Waals surface area (Å²) >= 11 is 0. The Kier molecular flexibility index (Phi) is 4.23. The second-order valence-corrected chi connectivity index (χ2v) is 4.23. The van der Waals surface area contributed by atoms with Gasteiger partial charge >= 0.3 is 0 Å². The molecule has 1 fully saturated rings. The Morgan fingerprint density at radius 2 is 2.12 bits per heavy atom. The third kappa shape index (κ3) is 3.35. The summed E-state index contributed by atoms with van der Waals surface area (Å²) in [4.78, 5) is 4.87. The van der Waals surface area contributed by atoms with Gasteiger partial charge in [-0.2, -0.15) is 5.48 Å². The van der Waals surface area contributed by atoms with Crippen molar-refractivity contribution in [1.82, 2.24) is 5.48 Å². The van der Waals surface area contributed by atoms with Gasteiger partial charge in [-0.25, -0.2) is 0 Å². The highest BCUT2D eigenvalue weighted by Crippen LogP contribution is 2.34. The van der Waals surface area contributed by atoms with E-state index in [4.69, 9.17) is 14.3 Å². The van der Waals surface area contributed by atoms with Crippen molar-refractivity contribution < 1.29 is 14.3 Å². The van der Waals surface area contributed by atoms with Crippen LogP contribution in [0.4, 0.5) is 0 Å². The largest absolute Gasteiger partial charge is 0.493 e. The predicted molar refractivity (Wildman–Crippen MR) is 65.1 cm³/mol. The fraction of sp³-hybridized carbons (Fsp3) is 0.538. The zero-order valence-electron chi connectivity index (χ0n) is 10.4. The molecule has 1 N–H and O–H groups in total. The fourth-order valence-electron chi connectivity index (χ4n) is 1.66. The molecule has 1 aromatic rings. The molecule has 17 heavy (non-hydrogen) atoms. The zero-order valence-corrected chi connectivity index (χ0v) is 10.4. The summed E-state index contributed by atoms with van der Waals surface area (Å²) in [6, 6.07) is 5.88. The summed E-state index contributed by atoms with van der Waals surface area (Å²) in [6.07, 6.45) is 2.56. The predicted octanol–water partition coefficient (Wildman–Crippen LogP) is 2.13. The Bertz CT molecular complexity index is 364. The lowest BCUT2D eigenvalue weighted by molar-refractivity contribution is 0.0857. The number of hydrogen-bond donors (Lipinski definition) is 1. The standard InChI is InChI=1S/C13H19NO3/c1-15-12-5-3-4-11(8-14-16-2)13(12)17-9-10-6-7-10/h3-5,10,14H,6-9H2,1-2H3. The summed E-state index contributed by atoms with van der Waals surface area (Å²) in [5.41, 5.74) is 3.87. The number of para-hydroxylation sites is 1. The van der Waals surface area contributed by atoms with Gasteiger partial charge in [-0.1, -0.05) is 12.1 Å². The van der Waals surface area contributed by atoms with Gasteiger partial charge in [0.2, 0.25) is 0 Å². The molecule has 4 nitrogen and oxygen atoms in total. The molecule has 0 unspecified atom stereocenters. The zero-order chi connectivity index (χ0) is 12.1. The maximum absolute atomic E-state index is 5.86. The molecule has 0 atom stereocenters. The summed E-state index contributed by atoms with van der Waals surface area (Å²) in [6.45, 7) is 1.38. The smallest absolute Gasteiger partial charge is 0.165 e. The van der Waals surface area contributed by atoms with Gasteiger partial charge in [0, 0.05) is 12.1 Å². The molecule has 0 saturated heterocycles. The number of ether oxygens (including phenoxy) is 2. The normalized spacial score (nSPS) is 14.7. The number of nitrogens with one attached hydrogen (secondary N) is 1. The van der Waals surface area contributed by atoms with Crippen molar-refractivity contribution in [2.45, 2.75) is 19.4 Å². The molecule has 0 heterocycles. The van der Waals surface area contributed by atoms with Gasteiger partial charge in [0.15, 0.2) is 11.5 Å². The molecule has 1 saturated carbocycles. The van der Waals surface area contributed by atoms with Crippen LogP contribution in [0.25, 0.3) is 0 Å². The molecule has 0 aromatic heterocycles. The molecule has 1 aliphatic carbocycles. The van der Waals surface area contributed by atoms with Gasteiger partial charge in [-0.05, 0) is 24.8 Å². The summed E-state index contributed by atoms with van der Waals surface area (Å²) in [5.74, 6) is 2.33. The minimum Gasteiger partial charge on any atom is -0.493 e. The van der Waals surface area contributed by atoms with Crippen LogP contribution in [0.1, 0.15) is 18.4 Å². The molecule has 2 rings (SSSR count). The second kappa shape index (κ2) is 5.89. The van der Waals surface area contributed by atoms with Crippen LogP contribution < -0.4 is 15.0 Å². The Morgan fingerprint density at radius 3 is 2.76 bits per heavy atom. The van der Waals surface area contributed by atoms with Gasteiger partial charge < -0.3 is 14.3 Å². The molecule has 0 radical (unpaired) electrons. The summed E-state index contributed by atoms with van der Waals surface area (Å²) in [5, 5.41) is 0. The minimum atomic E-state index is 0.605. The van der Waals surface area contributed by atoms with Crippen LogP contribution in [0, 0.1) is 5.92 Å². The van der Waals surface area contributed by atoms with Crippen molar-refractivity contribution >= 4 is 0 Å². The fourth-order valence-corrected chi connectivity index (χ4v) is 1.66. The molecule has 0 amide bonds. The first-order valence-corrected chi connectivity index (χ1v) is 5.89. The molecule has 0 spiro atoms. The number of benzene rings is 1. The van der Waals surface area contributed by atoms with Crippen molar-refractivity contribution in [3.8, 4) is 11.5 Å². The lowest BCUT2D eigenvalue weighted by Crippen LogP contribution is -2.13. The van der Waals surface area contributed by atoms with E-state index < -0.39 is 0 Å². The average molecular weight is 237 g/mol. The Morgan fingerprint density at radius 1 is 1.29 bits per heavy atom. The molecule has 0 bridgehead atoms. The van der Waals surface area contributed by atoms with Crippen LogP contribution >= 0.6 is 0 Å². The third-order valence-electron chi connectivity index (χ3n) is 2.85. The Hall–Kier alpha value is -1.26. The third-order valence-corrected chi connectivity index (χ3v) is 2.85. The topological polar surface area (TPSA) is 39.7 Å². The first-order chi connectivity index (χ1) is 8.35. The van der Waals surface area contributed by atoms with Gasteiger partial charge in [0.05, 0.1) is 20.8 Å². The van der Waals surface area contributed by atoms with Crippen LogP contribution in [0.3, 0.4) is 0 Å². The highest BCUT2D eigenvalue weighted by atomic mass is 16.6. The van der Waals surface area contributed by atoms with Crippen molar-refractivity contribution in [3.05, 3.63) is 23.8 Å². The van der Waals surface area contributed by atoms with Crippen LogP contribution in [-0.4, -0.2) is 20.8 Å². The highest BCUT2D eigenvalue weighted by molar-refractivity contribution is 5.46. The van der Waals surface area contributed by atoms with E-state index in [1.807, 2.05) is 18.2 Å². The van der Waals surface area contributed by atoms with Gasteiger partial charge in [0.1, 0.15) is 0 Å². The van der Waals surface area contributed by atoms with Crippen molar-refractivity contribution in [1.29, 1.82) is 0 Å². The first-order valence-electron chi connectivity index (χ1n) is 5.89. The monoisotopic (exact) mass is 237 g/mol. The Labute approximate surface area is 102 Å². The van der Waals surface area contributed by atoms with Crippen molar-refractivity contribution in [2.24, 2.45) is 5.92 Å². The highest BCUT2D eigenvalue weighted by Gasteiger charge is 2.23. The minimum absolute atomic E-state index is 0.605. The van der Waals surface area contributed by atoms with Crippen LogP contribution in [-0.2, 0) is 11.4 Å². The van der Waals surface area contributed by atoms with E-state index in [0.717, 1.165) is 29.6 Å². The van der Waals surface area contributed by atoms with E-state index >= 15 is 0 Å². The van der Waals surface area contributed by atoms with E-state index in [0.29, 0.717) is 6.54 Å². The maximum Gasteiger partial charge on any atom is 0.165 e. The lowest BCUT2D eigenvalue weighted by Gasteiger charge is -2.14. The molecule has 0 aliphatic heterocycles. The number of methoxy groups -OCH3 is 1. The quantitative estimate of drug-likeness (QED) is 0.737. The average Bonchev–Trinajstić information content (AvgIpc) is 3.18. The van der Waals surface area contributed by atoms with Gasteiger partial charge in [-0.3, -0.25) is 0 Å². The number of rotatable bonds is 7. The van der Waals surface area contributed by atoms with Crippen molar-refractivity contribution in [3.63, 3.8) is 0 Å². The van der Waals surface area contributed by atoms with E-state index in [2.05, 4.69) is 5.48 Å². The van der Waals surface area contributed by atoms with Crippen LogP contribution in [0.2, 0.25) is 0 Å². The molecule has 1 aliphatic rings. The lowest BCUT2D eigenvalue weighted by atomic mass is 10.2. The van der Waals surface area contributed by atoms with E-state index in [1.54, 1.807) is 14.2 Å².